The maximum absolute atomic E-state index is 12.8. The number of carbonyl (C=O) groups excluding carboxylic acids is 1. The molecule has 3 aromatic carbocycles. The van der Waals surface area contributed by atoms with E-state index in [1.807, 2.05) is 54.6 Å². The number of fused-ring (bicyclic) bond motifs is 1. The van der Waals surface area contributed by atoms with E-state index in [-0.39, 0.29) is 17.8 Å². The normalized spacial score (nSPS) is 14.2. The molecule has 0 spiro atoms. The number of rotatable bonds is 3. The number of aromatic hydroxyl groups is 1. The van der Waals surface area contributed by atoms with E-state index in [1.54, 1.807) is 18.3 Å². The van der Waals surface area contributed by atoms with Gasteiger partial charge in [-0.1, -0.05) is 48.5 Å². The first-order valence-electron chi connectivity index (χ1n) is 10.6. The summed E-state index contributed by atoms with van der Waals surface area (Å²) < 4.78 is 18.3. The topological polar surface area (TPSA) is 71.5 Å². The number of para-hydroxylation sites is 1. The van der Waals surface area contributed by atoms with Gasteiger partial charge in [-0.3, -0.25) is 9.78 Å². The molecule has 0 saturated heterocycles. The van der Waals surface area contributed by atoms with Gasteiger partial charge in [0.25, 0.3) is 5.91 Å². The molecular weight excluding hydrogens is 419 g/mol. The van der Waals surface area contributed by atoms with E-state index in [2.05, 4.69) is 10.3 Å². The zero-order chi connectivity index (χ0) is 23.0. The minimum atomic E-state index is -0.361. The molecule has 0 bridgehead atoms. The van der Waals surface area contributed by atoms with Gasteiger partial charge in [0.1, 0.15) is 23.0 Å². The smallest absolute Gasteiger partial charge is 0.251 e. The van der Waals surface area contributed by atoms with E-state index < -0.39 is 0 Å². The van der Waals surface area contributed by atoms with E-state index in [0.29, 0.717) is 30.1 Å². The summed E-state index contributed by atoms with van der Waals surface area (Å²) in [6, 6.07) is 26.1. The average molecular weight is 442 g/mol. The fourth-order valence-electron chi connectivity index (χ4n) is 3.53. The summed E-state index contributed by atoms with van der Waals surface area (Å²) in [6.45, 7) is 0.535. The number of ether oxygens (including phenoxy) is 1. The molecule has 1 atom stereocenters. The van der Waals surface area contributed by atoms with Crippen molar-refractivity contribution in [3.05, 3.63) is 114 Å². The van der Waals surface area contributed by atoms with Crippen molar-refractivity contribution >= 4 is 5.91 Å². The Balaban J connectivity index is 0.000000172. The van der Waals surface area contributed by atoms with Crippen LogP contribution in [0.5, 0.6) is 11.5 Å². The van der Waals surface area contributed by atoms with Crippen LogP contribution in [-0.4, -0.2) is 22.6 Å². The van der Waals surface area contributed by atoms with Crippen molar-refractivity contribution < 1.29 is 19.0 Å². The molecule has 1 aliphatic heterocycles. The minimum absolute atomic E-state index is 0.183. The lowest BCUT2D eigenvalue weighted by atomic mass is 10.1. The molecule has 0 saturated carbocycles. The number of phenolic OH excluding ortho intramolecular Hbond substituents is 1. The molecule has 2 N–H and O–H groups in total. The number of halogens is 1. The van der Waals surface area contributed by atoms with Gasteiger partial charge in [0.05, 0.1) is 12.6 Å². The third-order valence-corrected chi connectivity index (χ3v) is 5.19. The quantitative estimate of drug-likeness (QED) is 0.437. The van der Waals surface area contributed by atoms with E-state index in [0.717, 1.165) is 16.8 Å². The monoisotopic (exact) mass is 442 g/mol. The van der Waals surface area contributed by atoms with Gasteiger partial charge in [0, 0.05) is 23.7 Å². The number of nitrogens with zero attached hydrogens (tertiary/aromatic N) is 1. The van der Waals surface area contributed by atoms with Gasteiger partial charge in [-0.25, -0.2) is 4.39 Å². The zero-order valence-corrected chi connectivity index (χ0v) is 17.8. The molecule has 0 fully saturated rings. The molecule has 5 nitrogen and oxygen atoms in total. The third kappa shape index (κ3) is 5.54. The van der Waals surface area contributed by atoms with Crippen molar-refractivity contribution in [2.24, 2.45) is 0 Å². The molecule has 2 heterocycles. The van der Waals surface area contributed by atoms with Crippen LogP contribution in [-0.2, 0) is 0 Å². The van der Waals surface area contributed by atoms with Crippen LogP contribution in [0.2, 0.25) is 0 Å². The van der Waals surface area contributed by atoms with E-state index >= 15 is 0 Å². The molecule has 1 aromatic heterocycles. The number of hydrogen-bond acceptors (Lipinski definition) is 4. The lowest BCUT2D eigenvalue weighted by molar-refractivity contribution is 0.0923. The van der Waals surface area contributed by atoms with E-state index in [9.17, 15) is 14.3 Å². The summed E-state index contributed by atoms with van der Waals surface area (Å²) in [4.78, 5) is 16.4. The van der Waals surface area contributed by atoms with Gasteiger partial charge in [-0.2, -0.15) is 0 Å². The molecule has 33 heavy (non-hydrogen) atoms. The van der Waals surface area contributed by atoms with Crippen molar-refractivity contribution in [3.8, 4) is 22.6 Å². The SMILES string of the molecule is O=C(NC1CCOc2cccnc21)c1ccc(F)cc1.Oc1ccccc1-c1ccccc1. The van der Waals surface area contributed by atoms with Crippen LogP contribution in [0, 0.1) is 5.82 Å². The number of carbonyl (C=O) groups is 1. The van der Waals surface area contributed by atoms with Crippen LogP contribution in [0.1, 0.15) is 28.5 Å². The van der Waals surface area contributed by atoms with Crippen LogP contribution in [0.4, 0.5) is 4.39 Å². The fourth-order valence-corrected chi connectivity index (χ4v) is 3.53. The summed E-state index contributed by atoms with van der Waals surface area (Å²) >= 11 is 0. The highest BCUT2D eigenvalue weighted by Gasteiger charge is 2.24. The Morgan fingerprint density at radius 1 is 0.939 bits per heavy atom. The summed E-state index contributed by atoms with van der Waals surface area (Å²) in [6.07, 6.45) is 2.33. The first-order chi connectivity index (χ1) is 16.1. The Kier molecular flexibility index (Phi) is 6.95. The molecule has 6 heteroatoms. The Hall–Kier alpha value is -4.19. The second-order valence-electron chi connectivity index (χ2n) is 7.44. The average Bonchev–Trinajstić information content (AvgIpc) is 2.86. The Labute approximate surface area is 191 Å². The standard InChI is InChI=1S/C15H13FN2O2.C12H10O/c16-11-5-3-10(4-6-11)15(19)18-12-7-9-20-13-2-1-8-17-14(12)13;13-12-9-5-4-8-11(12)10-6-2-1-3-7-10/h1-6,8,12H,7,9H2,(H,18,19);1-9,13H. The van der Waals surface area contributed by atoms with E-state index in [1.165, 1.54) is 24.3 Å². The number of aromatic nitrogens is 1. The number of phenols is 1. The molecule has 1 amide bonds. The maximum atomic E-state index is 12.8. The van der Waals surface area contributed by atoms with Gasteiger partial charge >= 0.3 is 0 Å². The molecule has 4 aromatic rings. The minimum Gasteiger partial charge on any atom is -0.507 e. The number of nitrogens with one attached hydrogen (secondary N) is 1. The van der Waals surface area contributed by atoms with Crippen molar-refractivity contribution in [1.29, 1.82) is 0 Å². The largest absolute Gasteiger partial charge is 0.507 e. The summed E-state index contributed by atoms with van der Waals surface area (Å²) in [5.74, 6) is 0.421. The van der Waals surface area contributed by atoms with Gasteiger partial charge in [0.15, 0.2) is 0 Å². The van der Waals surface area contributed by atoms with Crippen LogP contribution in [0.25, 0.3) is 11.1 Å². The van der Waals surface area contributed by atoms with Crippen LogP contribution < -0.4 is 10.1 Å². The number of amides is 1. The van der Waals surface area contributed by atoms with E-state index in [4.69, 9.17) is 4.74 Å². The Morgan fingerprint density at radius 2 is 1.67 bits per heavy atom. The van der Waals surface area contributed by atoms with Crippen molar-refractivity contribution in [3.63, 3.8) is 0 Å². The lowest BCUT2D eigenvalue weighted by Gasteiger charge is -2.25. The third-order valence-electron chi connectivity index (χ3n) is 5.19. The molecule has 1 unspecified atom stereocenters. The highest BCUT2D eigenvalue weighted by molar-refractivity contribution is 5.94. The number of benzene rings is 3. The molecule has 0 aliphatic carbocycles. The summed E-state index contributed by atoms with van der Waals surface area (Å²) in [7, 11) is 0. The maximum Gasteiger partial charge on any atom is 0.251 e. The van der Waals surface area contributed by atoms with Crippen LogP contribution >= 0.6 is 0 Å². The first kappa shape index (κ1) is 22.0. The summed E-state index contributed by atoms with van der Waals surface area (Å²) in [5, 5.41) is 12.5. The highest BCUT2D eigenvalue weighted by Crippen LogP contribution is 2.30. The van der Waals surface area contributed by atoms with Crippen LogP contribution in [0.3, 0.4) is 0 Å². The zero-order valence-electron chi connectivity index (χ0n) is 17.8. The Bertz CT molecular complexity index is 1210. The highest BCUT2D eigenvalue weighted by atomic mass is 19.1. The fraction of sp³-hybridized carbons (Fsp3) is 0.111. The second kappa shape index (κ2) is 10.4. The molecular formula is C27H23FN2O3. The molecule has 1 aliphatic rings. The van der Waals surface area contributed by atoms with Gasteiger partial charge in [0.2, 0.25) is 0 Å². The van der Waals surface area contributed by atoms with Crippen molar-refractivity contribution in [2.45, 2.75) is 12.5 Å². The van der Waals surface area contributed by atoms with Gasteiger partial charge in [-0.15, -0.1) is 0 Å². The molecule has 0 radical (unpaired) electrons. The molecule has 166 valence electrons. The number of hydrogen-bond donors (Lipinski definition) is 2. The van der Waals surface area contributed by atoms with Crippen LogP contribution in [0.15, 0.2) is 97.2 Å². The molecule has 5 rings (SSSR count). The van der Waals surface area contributed by atoms with Crippen molar-refractivity contribution in [1.82, 2.24) is 10.3 Å². The van der Waals surface area contributed by atoms with Crippen molar-refractivity contribution in [2.75, 3.05) is 6.61 Å². The number of pyridine rings is 1. The lowest BCUT2D eigenvalue weighted by Crippen LogP contribution is -2.32. The van der Waals surface area contributed by atoms with Gasteiger partial charge in [-0.05, 0) is 48.0 Å². The second-order valence-corrected chi connectivity index (χ2v) is 7.44. The van der Waals surface area contributed by atoms with Gasteiger partial charge < -0.3 is 15.2 Å². The first-order valence-corrected chi connectivity index (χ1v) is 10.6. The Morgan fingerprint density at radius 3 is 2.42 bits per heavy atom. The summed E-state index contributed by atoms with van der Waals surface area (Å²) in [5.41, 5.74) is 3.08. The predicted octanol–water partition coefficient (Wildman–Crippen LogP) is 5.53. The predicted molar refractivity (Wildman–Crippen MR) is 124 cm³/mol.